The maximum absolute atomic E-state index is 12.7. The zero-order valence-electron chi connectivity index (χ0n) is 12.7. The van der Waals surface area contributed by atoms with E-state index in [9.17, 15) is 4.79 Å². The maximum Gasteiger partial charge on any atom is 0.242 e. The number of rotatable bonds is 3. The summed E-state index contributed by atoms with van der Waals surface area (Å²) in [5.74, 6) is 0.316. The SMILES string of the molecule is CCC(C)N1CCN(C(=O)C2(C)CCCCN2)CC1. The van der Waals surface area contributed by atoms with Crippen LogP contribution in [0.1, 0.15) is 46.5 Å². The predicted octanol–water partition coefficient (Wildman–Crippen LogP) is 1.46. The van der Waals surface area contributed by atoms with Crippen LogP contribution in [0.25, 0.3) is 0 Å². The summed E-state index contributed by atoms with van der Waals surface area (Å²) in [6.45, 7) is 11.4. The Morgan fingerprint density at radius 1 is 1.26 bits per heavy atom. The van der Waals surface area contributed by atoms with Gasteiger partial charge in [0, 0.05) is 32.2 Å². The van der Waals surface area contributed by atoms with Crippen molar-refractivity contribution in [2.75, 3.05) is 32.7 Å². The van der Waals surface area contributed by atoms with Gasteiger partial charge in [0.25, 0.3) is 0 Å². The lowest BCUT2D eigenvalue weighted by molar-refractivity contribution is -0.140. The van der Waals surface area contributed by atoms with E-state index in [1.165, 1.54) is 19.3 Å². The van der Waals surface area contributed by atoms with Gasteiger partial charge in [-0.05, 0) is 46.1 Å². The Bertz CT molecular complexity index is 305. The van der Waals surface area contributed by atoms with E-state index in [0.717, 1.165) is 39.1 Å². The van der Waals surface area contributed by atoms with Gasteiger partial charge in [0.15, 0.2) is 0 Å². The minimum atomic E-state index is -0.309. The zero-order chi connectivity index (χ0) is 13.9. The van der Waals surface area contributed by atoms with Crippen LogP contribution in [-0.4, -0.2) is 60.0 Å². The lowest BCUT2D eigenvalue weighted by Crippen LogP contribution is -2.61. The first kappa shape index (κ1) is 14.8. The van der Waals surface area contributed by atoms with Crippen LogP contribution in [0, 0.1) is 0 Å². The smallest absolute Gasteiger partial charge is 0.242 e. The van der Waals surface area contributed by atoms with Crippen molar-refractivity contribution in [3.63, 3.8) is 0 Å². The van der Waals surface area contributed by atoms with E-state index in [2.05, 4.69) is 35.9 Å². The van der Waals surface area contributed by atoms with Gasteiger partial charge in [0.05, 0.1) is 5.54 Å². The standard InChI is InChI=1S/C15H29N3O/c1-4-13(2)17-9-11-18(12-10-17)14(19)15(3)7-5-6-8-16-15/h13,16H,4-12H2,1-3H3. The number of nitrogens with zero attached hydrogens (tertiary/aromatic N) is 2. The fourth-order valence-electron chi connectivity index (χ4n) is 3.21. The molecule has 2 unspecified atom stereocenters. The monoisotopic (exact) mass is 267 g/mol. The van der Waals surface area contributed by atoms with Gasteiger partial charge < -0.3 is 10.2 Å². The second kappa shape index (κ2) is 6.23. The third-order valence-electron chi connectivity index (χ3n) is 4.91. The lowest BCUT2D eigenvalue weighted by Gasteiger charge is -2.43. The molecule has 1 N–H and O–H groups in total. The summed E-state index contributed by atoms with van der Waals surface area (Å²) < 4.78 is 0. The highest BCUT2D eigenvalue weighted by Crippen LogP contribution is 2.22. The quantitative estimate of drug-likeness (QED) is 0.841. The van der Waals surface area contributed by atoms with E-state index in [4.69, 9.17) is 0 Å². The molecule has 2 aliphatic rings. The summed E-state index contributed by atoms with van der Waals surface area (Å²) in [5.41, 5.74) is -0.309. The highest BCUT2D eigenvalue weighted by molar-refractivity contribution is 5.86. The molecule has 2 fully saturated rings. The van der Waals surface area contributed by atoms with Crippen molar-refractivity contribution in [3.8, 4) is 0 Å². The molecule has 0 aromatic rings. The van der Waals surface area contributed by atoms with Gasteiger partial charge in [0.1, 0.15) is 0 Å². The highest BCUT2D eigenvalue weighted by Gasteiger charge is 2.38. The van der Waals surface area contributed by atoms with Gasteiger partial charge in [-0.1, -0.05) is 6.92 Å². The molecule has 2 rings (SSSR count). The summed E-state index contributed by atoms with van der Waals surface area (Å²) >= 11 is 0. The van der Waals surface area contributed by atoms with Crippen molar-refractivity contribution in [1.29, 1.82) is 0 Å². The molecule has 0 radical (unpaired) electrons. The van der Waals surface area contributed by atoms with Crippen LogP contribution in [0.5, 0.6) is 0 Å². The Morgan fingerprint density at radius 3 is 2.47 bits per heavy atom. The van der Waals surface area contributed by atoms with Crippen molar-refractivity contribution >= 4 is 5.91 Å². The maximum atomic E-state index is 12.7. The highest BCUT2D eigenvalue weighted by atomic mass is 16.2. The number of carbonyl (C=O) groups is 1. The first-order valence-corrected chi connectivity index (χ1v) is 7.85. The van der Waals surface area contributed by atoms with Crippen LogP contribution < -0.4 is 5.32 Å². The molecule has 1 amide bonds. The molecule has 4 heteroatoms. The summed E-state index contributed by atoms with van der Waals surface area (Å²) in [4.78, 5) is 17.2. The fraction of sp³-hybridized carbons (Fsp3) is 0.933. The predicted molar refractivity (Wildman–Crippen MR) is 78.2 cm³/mol. The Labute approximate surface area is 117 Å². The molecular weight excluding hydrogens is 238 g/mol. The first-order chi connectivity index (χ1) is 9.07. The largest absolute Gasteiger partial charge is 0.339 e. The molecule has 0 saturated carbocycles. The van der Waals surface area contributed by atoms with Crippen molar-refractivity contribution in [3.05, 3.63) is 0 Å². The van der Waals surface area contributed by atoms with Gasteiger partial charge in [-0.3, -0.25) is 9.69 Å². The summed E-state index contributed by atoms with van der Waals surface area (Å²) in [6, 6.07) is 0.639. The van der Waals surface area contributed by atoms with Crippen LogP contribution in [0.3, 0.4) is 0 Å². The second-order valence-corrected chi connectivity index (χ2v) is 6.30. The van der Waals surface area contributed by atoms with Gasteiger partial charge in [-0.2, -0.15) is 0 Å². The number of hydrogen-bond donors (Lipinski definition) is 1. The van der Waals surface area contributed by atoms with Crippen molar-refractivity contribution in [2.45, 2.75) is 58.0 Å². The number of piperidine rings is 1. The number of carbonyl (C=O) groups excluding carboxylic acids is 1. The van der Waals surface area contributed by atoms with E-state index >= 15 is 0 Å². The third-order valence-corrected chi connectivity index (χ3v) is 4.91. The molecule has 2 saturated heterocycles. The lowest BCUT2D eigenvalue weighted by atomic mass is 9.89. The van der Waals surface area contributed by atoms with E-state index in [1.54, 1.807) is 0 Å². The van der Waals surface area contributed by atoms with Crippen LogP contribution in [0.4, 0.5) is 0 Å². The van der Waals surface area contributed by atoms with Crippen LogP contribution in [0.2, 0.25) is 0 Å². The molecule has 2 heterocycles. The van der Waals surface area contributed by atoms with E-state index in [1.807, 2.05) is 0 Å². The molecule has 110 valence electrons. The van der Waals surface area contributed by atoms with Gasteiger partial charge in [0.2, 0.25) is 5.91 Å². The first-order valence-electron chi connectivity index (χ1n) is 7.85. The number of amides is 1. The molecule has 4 nitrogen and oxygen atoms in total. The molecule has 0 aromatic heterocycles. The normalized spacial score (nSPS) is 31.2. The molecular formula is C15H29N3O. The second-order valence-electron chi connectivity index (χ2n) is 6.30. The molecule has 0 spiro atoms. The molecule has 2 atom stereocenters. The molecule has 2 aliphatic heterocycles. The number of piperazine rings is 1. The minimum absolute atomic E-state index is 0.309. The number of hydrogen-bond acceptors (Lipinski definition) is 3. The third kappa shape index (κ3) is 3.29. The van der Waals surface area contributed by atoms with Crippen LogP contribution in [-0.2, 0) is 4.79 Å². The topological polar surface area (TPSA) is 35.6 Å². The zero-order valence-corrected chi connectivity index (χ0v) is 12.7. The van der Waals surface area contributed by atoms with Crippen LogP contribution >= 0.6 is 0 Å². The van der Waals surface area contributed by atoms with E-state index < -0.39 is 0 Å². The fourth-order valence-corrected chi connectivity index (χ4v) is 3.21. The number of nitrogens with one attached hydrogen (secondary N) is 1. The minimum Gasteiger partial charge on any atom is -0.339 e. The van der Waals surface area contributed by atoms with Crippen LogP contribution in [0.15, 0.2) is 0 Å². The molecule has 19 heavy (non-hydrogen) atoms. The van der Waals surface area contributed by atoms with Crippen molar-refractivity contribution < 1.29 is 4.79 Å². The van der Waals surface area contributed by atoms with Gasteiger partial charge >= 0.3 is 0 Å². The van der Waals surface area contributed by atoms with E-state index in [0.29, 0.717) is 11.9 Å². The Balaban J connectivity index is 1.88. The van der Waals surface area contributed by atoms with Gasteiger partial charge in [-0.25, -0.2) is 0 Å². The van der Waals surface area contributed by atoms with Crippen molar-refractivity contribution in [1.82, 2.24) is 15.1 Å². The summed E-state index contributed by atoms with van der Waals surface area (Å²) in [7, 11) is 0. The average Bonchev–Trinajstić information content (AvgIpc) is 2.46. The molecule has 0 bridgehead atoms. The molecule has 0 aromatic carbocycles. The Hall–Kier alpha value is -0.610. The Kier molecular flexibility index (Phi) is 4.85. The summed E-state index contributed by atoms with van der Waals surface area (Å²) in [6.07, 6.45) is 4.54. The average molecular weight is 267 g/mol. The van der Waals surface area contributed by atoms with Gasteiger partial charge in [-0.15, -0.1) is 0 Å². The molecule has 0 aliphatic carbocycles. The van der Waals surface area contributed by atoms with E-state index in [-0.39, 0.29) is 5.54 Å². The van der Waals surface area contributed by atoms with Crippen molar-refractivity contribution in [2.24, 2.45) is 0 Å². The summed E-state index contributed by atoms with van der Waals surface area (Å²) in [5, 5.41) is 3.43. The Morgan fingerprint density at radius 2 is 1.95 bits per heavy atom.